The second-order valence-electron chi connectivity index (χ2n) is 2.11. The van der Waals surface area contributed by atoms with Gasteiger partial charge < -0.3 is 9.72 Å². The zero-order chi connectivity index (χ0) is 9.14. The molecule has 0 aliphatic heterocycles. The maximum atomic E-state index is 12.1. The monoisotopic (exact) mass is 175 g/mol. The number of rotatable bonds is 2. The van der Waals surface area contributed by atoms with Gasteiger partial charge in [-0.3, -0.25) is 4.79 Å². The van der Waals surface area contributed by atoms with Crippen LogP contribution in [0.4, 0.5) is 8.78 Å². The number of ether oxygens (including phenoxy) is 1. The van der Waals surface area contributed by atoms with E-state index in [2.05, 4.69) is 4.74 Å². The van der Waals surface area contributed by atoms with Crippen LogP contribution in [-0.2, 0) is 0 Å². The Kier molecular flexibility index (Phi) is 2.42. The van der Waals surface area contributed by atoms with Crippen molar-refractivity contribution in [3.63, 3.8) is 0 Å². The first-order valence-electron chi connectivity index (χ1n) is 3.20. The summed E-state index contributed by atoms with van der Waals surface area (Å²) in [4.78, 5) is 12.6. The highest BCUT2D eigenvalue weighted by Crippen LogP contribution is 2.24. The molecule has 3 nitrogen and oxygen atoms in total. The number of pyridine rings is 1. The minimum absolute atomic E-state index is 0.00963. The van der Waals surface area contributed by atoms with E-state index in [-0.39, 0.29) is 5.75 Å². The van der Waals surface area contributed by atoms with Crippen molar-refractivity contribution >= 4 is 0 Å². The van der Waals surface area contributed by atoms with Crippen molar-refractivity contribution in [2.45, 2.75) is 6.43 Å². The summed E-state index contributed by atoms with van der Waals surface area (Å²) in [6.07, 6.45) is -2.73. The summed E-state index contributed by atoms with van der Waals surface area (Å²) in [5, 5.41) is 0. The molecule has 0 amide bonds. The Hall–Kier alpha value is -1.39. The Balaban J connectivity index is 3.21. The lowest BCUT2D eigenvalue weighted by molar-refractivity contribution is 0.141. The highest BCUT2D eigenvalue weighted by Gasteiger charge is 2.13. The van der Waals surface area contributed by atoms with E-state index in [0.29, 0.717) is 0 Å². The van der Waals surface area contributed by atoms with E-state index < -0.39 is 17.7 Å². The average Bonchev–Trinajstić information content (AvgIpc) is 2.04. The molecule has 1 N–H and O–H groups in total. The Labute approximate surface area is 67.0 Å². The Bertz CT molecular complexity index is 321. The molecule has 12 heavy (non-hydrogen) atoms. The molecule has 0 saturated heterocycles. The van der Waals surface area contributed by atoms with Crippen LogP contribution < -0.4 is 10.3 Å². The number of aromatic nitrogens is 1. The first kappa shape index (κ1) is 8.70. The molecule has 1 aromatic heterocycles. The molecule has 1 heterocycles. The van der Waals surface area contributed by atoms with Crippen LogP contribution in [0, 0.1) is 0 Å². The highest BCUT2D eigenvalue weighted by molar-refractivity contribution is 5.27. The number of halogens is 2. The maximum absolute atomic E-state index is 12.1. The molecular weight excluding hydrogens is 168 g/mol. The van der Waals surface area contributed by atoms with Gasteiger partial charge >= 0.3 is 0 Å². The van der Waals surface area contributed by atoms with Gasteiger partial charge in [0.1, 0.15) is 11.4 Å². The number of hydrogen-bond acceptors (Lipinski definition) is 2. The smallest absolute Gasteiger partial charge is 0.281 e. The average molecular weight is 175 g/mol. The number of hydrogen-bond donors (Lipinski definition) is 1. The fraction of sp³-hybridized carbons (Fsp3) is 0.286. The third-order valence-corrected chi connectivity index (χ3v) is 1.35. The fourth-order valence-corrected chi connectivity index (χ4v) is 0.817. The van der Waals surface area contributed by atoms with E-state index in [4.69, 9.17) is 0 Å². The lowest BCUT2D eigenvalue weighted by atomic mass is 10.3. The second kappa shape index (κ2) is 3.34. The van der Waals surface area contributed by atoms with Gasteiger partial charge in [-0.2, -0.15) is 0 Å². The van der Waals surface area contributed by atoms with Crippen LogP contribution >= 0.6 is 0 Å². The largest absolute Gasteiger partial charge is 0.495 e. The van der Waals surface area contributed by atoms with Crippen LogP contribution in [0.1, 0.15) is 12.1 Å². The Morgan fingerprint density at radius 2 is 2.17 bits per heavy atom. The SMILES string of the molecule is COc1ccc(=O)[nH]c1C(F)F. The number of H-pyrrole nitrogens is 1. The molecule has 5 heteroatoms. The molecule has 1 rings (SSSR count). The quantitative estimate of drug-likeness (QED) is 0.736. The van der Waals surface area contributed by atoms with Crippen LogP contribution in [0.15, 0.2) is 16.9 Å². The van der Waals surface area contributed by atoms with Crippen molar-refractivity contribution in [2.24, 2.45) is 0 Å². The van der Waals surface area contributed by atoms with Crippen molar-refractivity contribution in [3.05, 3.63) is 28.2 Å². The van der Waals surface area contributed by atoms with Gasteiger partial charge in [0.2, 0.25) is 5.56 Å². The van der Waals surface area contributed by atoms with Crippen LogP contribution in [0.5, 0.6) is 5.75 Å². The summed E-state index contributed by atoms with van der Waals surface area (Å²) in [6.45, 7) is 0. The van der Waals surface area contributed by atoms with Gasteiger partial charge in [0, 0.05) is 6.07 Å². The van der Waals surface area contributed by atoms with Crippen LogP contribution in [0.25, 0.3) is 0 Å². The summed E-state index contributed by atoms with van der Waals surface area (Å²) in [7, 11) is 1.26. The van der Waals surface area contributed by atoms with Gasteiger partial charge in [-0.05, 0) is 6.07 Å². The van der Waals surface area contributed by atoms with Crippen molar-refractivity contribution in [1.82, 2.24) is 4.98 Å². The molecular formula is C7H7F2NO2. The summed E-state index contributed by atoms with van der Waals surface area (Å²) >= 11 is 0. The standard InChI is InChI=1S/C7H7F2NO2/c1-12-4-2-3-5(11)10-6(4)7(8)9/h2-3,7H,1H3,(H,10,11). The van der Waals surface area contributed by atoms with Crippen LogP contribution in [-0.4, -0.2) is 12.1 Å². The third kappa shape index (κ3) is 1.61. The topological polar surface area (TPSA) is 42.1 Å². The van der Waals surface area contributed by atoms with Gasteiger partial charge in [0.25, 0.3) is 6.43 Å². The molecule has 0 saturated carbocycles. The molecule has 0 unspecified atom stereocenters. The summed E-state index contributed by atoms with van der Waals surface area (Å²) in [6, 6.07) is 2.34. The summed E-state index contributed by atoms with van der Waals surface area (Å²) in [5.74, 6) is -0.00963. The molecule has 0 aliphatic rings. The van der Waals surface area contributed by atoms with Crippen molar-refractivity contribution < 1.29 is 13.5 Å². The minimum Gasteiger partial charge on any atom is -0.495 e. The third-order valence-electron chi connectivity index (χ3n) is 1.35. The Morgan fingerprint density at radius 3 is 2.67 bits per heavy atom. The second-order valence-corrected chi connectivity index (χ2v) is 2.11. The van der Waals surface area contributed by atoms with E-state index in [1.807, 2.05) is 4.98 Å². The first-order chi connectivity index (χ1) is 5.65. The molecule has 0 fully saturated rings. The number of alkyl halides is 2. The van der Waals surface area contributed by atoms with E-state index in [0.717, 1.165) is 6.07 Å². The van der Waals surface area contributed by atoms with Gasteiger partial charge in [0.05, 0.1) is 7.11 Å². The lowest BCUT2D eigenvalue weighted by Crippen LogP contribution is -2.08. The lowest BCUT2D eigenvalue weighted by Gasteiger charge is -2.05. The molecule has 0 spiro atoms. The van der Waals surface area contributed by atoms with E-state index in [1.165, 1.54) is 13.2 Å². The summed E-state index contributed by atoms with van der Waals surface area (Å²) < 4.78 is 28.9. The fourth-order valence-electron chi connectivity index (χ4n) is 0.817. The zero-order valence-electron chi connectivity index (χ0n) is 6.30. The van der Waals surface area contributed by atoms with Gasteiger partial charge in [-0.15, -0.1) is 0 Å². The summed E-state index contributed by atoms with van der Waals surface area (Å²) in [5.41, 5.74) is -1.05. The van der Waals surface area contributed by atoms with Crippen molar-refractivity contribution in [2.75, 3.05) is 7.11 Å². The molecule has 0 radical (unpaired) electrons. The predicted molar refractivity (Wildman–Crippen MR) is 38.6 cm³/mol. The highest BCUT2D eigenvalue weighted by atomic mass is 19.3. The molecule has 0 bridgehead atoms. The van der Waals surface area contributed by atoms with Gasteiger partial charge in [-0.25, -0.2) is 8.78 Å². The van der Waals surface area contributed by atoms with Crippen LogP contribution in [0.3, 0.4) is 0 Å². The first-order valence-corrected chi connectivity index (χ1v) is 3.20. The molecule has 0 aliphatic carbocycles. The van der Waals surface area contributed by atoms with E-state index in [1.54, 1.807) is 0 Å². The minimum atomic E-state index is -2.73. The zero-order valence-corrected chi connectivity index (χ0v) is 6.30. The molecule has 66 valence electrons. The van der Waals surface area contributed by atoms with Crippen molar-refractivity contribution in [1.29, 1.82) is 0 Å². The molecule has 1 aromatic rings. The number of nitrogens with one attached hydrogen (secondary N) is 1. The normalized spacial score (nSPS) is 10.3. The predicted octanol–water partition coefficient (Wildman–Crippen LogP) is 1.32. The van der Waals surface area contributed by atoms with Gasteiger partial charge in [0.15, 0.2) is 0 Å². The van der Waals surface area contributed by atoms with Crippen molar-refractivity contribution in [3.8, 4) is 5.75 Å². The van der Waals surface area contributed by atoms with Crippen LogP contribution in [0.2, 0.25) is 0 Å². The maximum Gasteiger partial charge on any atom is 0.281 e. The molecule has 0 atom stereocenters. The number of aromatic amines is 1. The van der Waals surface area contributed by atoms with E-state index >= 15 is 0 Å². The Morgan fingerprint density at radius 1 is 1.50 bits per heavy atom. The number of methoxy groups -OCH3 is 1. The van der Waals surface area contributed by atoms with Gasteiger partial charge in [-0.1, -0.05) is 0 Å². The molecule has 0 aromatic carbocycles. The van der Waals surface area contributed by atoms with E-state index in [9.17, 15) is 13.6 Å².